The number of fused-ring (bicyclic) bond motifs is 1. The van der Waals surface area contributed by atoms with Gasteiger partial charge >= 0.3 is 0 Å². The standard InChI is InChI=1S/C16H17N3O3S/c1-17-10-11-22-14-9-5-8-13-15(14)18-19-16(13)23(20,21)12-6-3-2-4-7-12/h2-9,17H,10-11H2,1H3,(H,18,19). The highest BCUT2D eigenvalue weighted by molar-refractivity contribution is 7.91. The van der Waals surface area contributed by atoms with Crippen molar-refractivity contribution in [2.45, 2.75) is 9.92 Å². The number of hydrogen-bond donors (Lipinski definition) is 2. The van der Waals surface area contributed by atoms with Gasteiger partial charge in [0.15, 0.2) is 5.03 Å². The van der Waals surface area contributed by atoms with E-state index in [1.165, 1.54) is 0 Å². The van der Waals surface area contributed by atoms with Crippen LogP contribution < -0.4 is 10.1 Å². The molecule has 0 atom stereocenters. The molecule has 0 aliphatic rings. The van der Waals surface area contributed by atoms with Crippen LogP contribution in [0.2, 0.25) is 0 Å². The molecule has 120 valence electrons. The Balaban J connectivity index is 2.05. The second-order valence-electron chi connectivity index (χ2n) is 4.97. The van der Waals surface area contributed by atoms with Crippen LogP contribution in [0.4, 0.5) is 0 Å². The highest BCUT2D eigenvalue weighted by Gasteiger charge is 2.23. The quantitative estimate of drug-likeness (QED) is 0.675. The lowest BCUT2D eigenvalue weighted by Gasteiger charge is -2.06. The minimum absolute atomic E-state index is 0.0813. The van der Waals surface area contributed by atoms with Crippen LogP contribution in [0.15, 0.2) is 58.5 Å². The van der Waals surface area contributed by atoms with Gasteiger partial charge in [-0.2, -0.15) is 5.10 Å². The number of benzene rings is 2. The molecule has 1 heterocycles. The fraction of sp³-hybridized carbons (Fsp3) is 0.188. The van der Waals surface area contributed by atoms with E-state index in [-0.39, 0.29) is 9.92 Å². The van der Waals surface area contributed by atoms with Crippen molar-refractivity contribution in [3.05, 3.63) is 48.5 Å². The zero-order chi connectivity index (χ0) is 16.3. The minimum atomic E-state index is -3.65. The number of aromatic nitrogens is 2. The Labute approximate surface area is 134 Å². The molecule has 0 spiro atoms. The summed E-state index contributed by atoms with van der Waals surface area (Å²) >= 11 is 0. The molecular formula is C16H17N3O3S. The molecule has 0 fully saturated rings. The highest BCUT2D eigenvalue weighted by Crippen LogP contribution is 2.30. The Bertz CT molecular complexity index is 905. The van der Waals surface area contributed by atoms with E-state index in [9.17, 15) is 8.42 Å². The van der Waals surface area contributed by atoms with Crippen molar-refractivity contribution < 1.29 is 13.2 Å². The lowest BCUT2D eigenvalue weighted by atomic mass is 10.2. The van der Waals surface area contributed by atoms with Crippen molar-refractivity contribution >= 4 is 20.7 Å². The molecule has 3 rings (SSSR count). The molecule has 0 bridgehead atoms. The summed E-state index contributed by atoms with van der Waals surface area (Å²) in [7, 11) is -1.81. The summed E-state index contributed by atoms with van der Waals surface area (Å²) in [5, 5.41) is 10.4. The molecule has 2 aromatic carbocycles. The number of ether oxygens (including phenoxy) is 1. The summed E-state index contributed by atoms with van der Waals surface area (Å²) in [5.41, 5.74) is 0.512. The molecule has 0 saturated carbocycles. The number of H-pyrrole nitrogens is 1. The third-order valence-electron chi connectivity index (χ3n) is 3.44. The first-order valence-electron chi connectivity index (χ1n) is 7.19. The van der Waals surface area contributed by atoms with E-state index in [0.29, 0.717) is 29.8 Å². The Morgan fingerprint density at radius 2 is 1.91 bits per heavy atom. The monoisotopic (exact) mass is 331 g/mol. The van der Waals surface area contributed by atoms with Crippen LogP contribution in [0.5, 0.6) is 5.75 Å². The van der Waals surface area contributed by atoms with E-state index in [2.05, 4.69) is 15.5 Å². The second kappa shape index (κ2) is 6.39. The fourth-order valence-electron chi connectivity index (χ4n) is 2.29. The number of nitrogens with one attached hydrogen (secondary N) is 2. The van der Waals surface area contributed by atoms with Crippen LogP contribution in [0.1, 0.15) is 0 Å². The van der Waals surface area contributed by atoms with Crippen molar-refractivity contribution in [2.75, 3.05) is 20.2 Å². The molecule has 0 amide bonds. The summed E-state index contributed by atoms with van der Waals surface area (Å²) in [4.78, 5) is 0.229. The van der Waals surface area contributed by atoms with Gasteiger partial charge < -0.3 is 10.1 Å². The molecule has 0 unspecified atom stereocenters. The van der Waals surface area contributed by atoms with Gasteiger partial charge in [0.2, 0.25) is 9.84 Å². The number of sulfone groups is 1. The number of hydrogen-bond acceptors (Lipinski definition) is 5. The third-order valence-corrected chi connectivity index (χ3v) is 5.19. The summed E-state index contributed by atoms with van der Waals surface area (Å²) in [6, 6.07) is 13.5. The molecule has 2 N–H and O–H groups in total. The predicted molar refractivity (Wildman–Crippen MR) is 87.4 cm³/mol. The average molecular weight is 331 g/mol. The van der Waals surface area contributed by atoms with Gasteiger partial charge in [0.05, 0.1) is 4.90 Å². The van der Waals surface area contributed by atoms with E-state index in [0.717, 1.165) is 0 Å². The lowest BCUT2D eigenvalue weighted by Crippen LogP contribution is -2.16. The molecular weight excluding hydrogens is 314 g/mol. The Kier molecular flexibility index (Phi) is 4.31. The zero-order valence-electron chi connectivity index (χ0n) is 12.6. The van der Waals surface area contributed by atoms with E-state index >= 15 is 0 Å². The van der Waals surface area contributed by atoms with Crippen LogP contribution in [0.3, 0.4) is 0 Å². The minimum Gasteiger partial charge on any atom is -0.490 e. The summed E-state index contributed by atoms with van der Waals surface area (Å²) in [6.45, 7) is 1.17. The summed E-state index contributed by atoms with van der Waals surface area (Å²) in [5.74, 6) is 0.559. The number of rotatable bonds is 6. The van der Waals surface area contributed by atoms with Gasteiger partial charge in [0.25, 0.3) is 0 Å². The number of likely N-dealkylation sites (N-methyl/N-ethyl adjacent to an activating group) is 1. The van der Waals surface area contributed by atoms with Crippen LogP contribution in [-0.4, -0.2) is 38.8 Å². The molecule has 7 heteroatoms. The molecule has 6 nitrogen and oxygen atoms in total. The van der Waals surface area contributed by atoms with Crippen molar-refractivity contribution in [3.8, 4) is 5.75 Å². The second-order valence-corrected chi connectivity index (χ2v) is 6.86. The summed E-state index contributed by atoms with van der Waals surface area (Å²) < 4.78 is 31.2. The largest absolute Gasteiger partial charge is 0.490 e. The van der Waals surface area contributed by atoms with Crippen LogP contribution in [-0.2, 0) is 9.84 Å². The smallest absolute Gasteiger partial charge is 0.223 e. The Morgan fingerprint density at radius 1 is 1.13 bits per heavy atom. The van der Waals surface area contributed by atoms with Gasteiger partial charge in [-0.3, -0.25) is 5.10 Å². The first-order valence-corrected chi connectivity index (χ1v) is 8.67. The summed E-state index contributed by atoms with van der Waals surface area (Å²) in [6.07, 6.45) is 0. The first kappa shape index (κ1) is 15.5. The van der Waals surface area contributed by atoms with E-state index in [1.807, 2.05) is 7.05 Å². The molecule has 23 heavy (non-hydrogen) atoms. The SMILES string of the molecule is CNCCOc1cccc2c(S(=O)(=O)c3ccccc3)[nH]nc12. The number of nitrogens with zero attached hydrogens (tertiary/aromatic N) is 1. The van der Waals surface area contributed by atoms with Gasteiger partial charge in [-0.15, -0.1) is 0 Å². The average Bonchev–Trinajstić information content (AvgIpc) is 3.01. The van der Waals surface area contributed by atoms with E-state index < -0.39 is 9.84 Å². The normalized spacial score (nSPS) is 11.7. The maximum Gasteiger partial charge on any atom is 0.223 e. The molecule has 3 aromatic rings. The lowest BCUT2D eigenvalue weighted by molar-refractivity contribution is 0.321. The Hall–Kier alpha value is -2.38. The van der Waals surface area contributed by atoms with Gasteiger partial charge in [-0.25, -0.2) is 8.42 Å². The number of aromatic amines is 1. The van der Waals surface area contributed by atoms with E-state index in [1.54, 1.807) is 48.5 Å². The topological polar surface area (TPSA) is 84.1 Å². The van der Waals surface area contributed by atoms with Crippen LogP contribution in [0, 0.1) is 0 Å². The van der Waals surface area contributed by atoms with Crippen molar-refractivity contribution in [1.82, 2.24) is 15.5 Å². The Morgan fingerprint density at radius 3 is 2.65 bits per heavy atom. The first-order chi connectivity index (χ1) is 11.1. The van der Waals surface area contributed by atoms with Gasteiger partial charge in [0, 0.05) is 11.9 Å². The van der Waals surface area contributed by atoms with Crippen molar-refractivity contribution in [2.24, 2.45) is 0 Å². The maximum atomic E-state index is 12.8. The molecule has 0 aliphatic carbocycles. The van der Waals surface area contributed by atoms with E-state index in [4.69, 9.17) is 4.74 Å². The molecule has 0 radical (unpaired) electrons. The highest BCUT2D eigenvalue weighted by atomic mass is 32.2. The molecule has 1 aromatic heterocycles. The van der Waals surface area contributed by atoms with Gasteiger partial charge in [0.1, 0.15) is 17.9 Å². The van der Waals surface area contributed by atoms with Crippen molar-refractivity contribution in [1.29, 1.82) is 0 Å². The van der Waals surface area contributed by atoms with Gasteiger partial charge in [-0.05, 0) is 31.3 Å². The van der Waals surface area contributed by atoms with Gasteiger partial charge in [-0.1, -0.05) is 24.3 Å². The third kappa shape index (κ3) is 2.93. The number of para-hydroxylation sites is 1. The van der Waals surface area contributed by atoms with Crippen LogP contribution >= 0.6 is 0 Å². The molecule has 0 saturated heterocycles. The fourth-order valence-corrected chi connectivity index (χ4v) is 3.66. The van der Waals surface area contributed by atoms with Crippen molar-refractivity contribution in [3.63, 3.8) is 0 Å². The van der Waals surface area contributed by atoms with Crippen LogP contribution in [0.25, 0.3) is 10.9 Å². The zero-order valence-corrected chi connectivity index (χ0v) is 13.4. The maximum absolute atomic E-state index is 12.8. The predicted octanol–water partition coefficient (Wildman–Crippen LogP) is 1.99. The molecule has 0 aliphatic heterocycles.